The van der Waals surface area contributed by atoms with Crippen molar-refractivity contribution in [3.8, 4) is 0 Å². The van der Waals surface area contributed by atoms with Gasteiger partial charge in [0.05, 0.1) is 0 Å². The van der Waals surface area contributed by atoms with E-state index in [9.17, 15) is 19.1 Å². The van der Waals surface area contributed by atoms with Crippen molar-refractivity contribution in [3.05, 3.63) is 76.1 Å². The van der Waals surface area contributed by atoms with E-state index >= 15 is 0 Å². The van der Waals surface area contributed by atoms with Crippen molar-refractivity contribution in [3.63, 3.8) is 0 Å². The fraction of sp³-hybridized carbons (Fsp3) is 0.0500. The summed E-state index contributed by atoms with van der Waals surface area (Å²) >= 11 is 4.72. The number of carbonyl (C=O) groups is 1. The van der Waals surface area contributed by atoms with Gasteiger partial charge in [-0.15, -0.1) is 11.3 Å². The largest absolute Gasteiger partial charge is 0.342 e. The molecule has 4 rings (SSSR count). The van der Waals surface area contributed by atoms with E-state index in [0.717, 1.165) is 19.9 Å². The molecule has 3 aromatic carbocycles. The van der Waals surface area contributed by atoms with Gasteiger partial charge < -0.3 is 15.1 Å². The molecule has 142 valence electrons. The fourth-order valence-corrected chi connectivity index (χ4v) is 5.56. The topological polar surface area (TPSA) is 86.6 Å². The van der Waals surface area contributed by atoms with Crippen molar-refractivity contribution in [2.75, 3.05) is 5.32 Å². The molecule has 1 heterocycles. The lowest BCUT2D eigenvalue weighted by Gasteiger charge is -2.18. The lowest BCUT2D eigenvalue weighted by molar-refractivity contribution is -0.116. The number of thiophene rings is 1. The van der Waals surface area contributed by atoms with Gasteiger partial charge in [0.15, 0.2) is 5.66 Å². The minimum atomic E-state index is -4.75. The average molecular weight is 476 g/mol. The molecule has 3 N–H and O–H groups in total. The van der Waals surface area contributed by atoms with E-state index in [1.165, 1.54) is 11.3 Å². The molecule has 1 atom stereocenters. The fourth-order valence-electron chi connectivity index (χ4n) is 3.19. The Kier molecular flexibility index (Phi) is 5.12. The third kappa shape index (κ3) is 3.77. The molecule has 0 radical (unpaired) electrons. The molecule has 0 bridgehead atoms. The van der Waals surface area contributed by atoms with Gasteiger partial charge in [-0.3, -0.25) is 9.36 Å². The number of hydrogen-bond donors (Lipinski definition) is 3. The van der Waals surface area contributed by atoms with Crippen molar-refractivity contribution in [2.45, 2.75) is 5.66 Å². The highest BCUT2D eigenvalue weighted by Gasteiger charge is 2.39. The maximum Gasteiger partial charge on any atom is 0.342 e. The Labute approximate surface area is 173 Å². The summed E-state index contributed by atoms with van der Waals surface area (Å²) in [4.78, 5) is 32.8. The number of nitrogens with one attached hydrogen (secondary N) is 1. The maximum absolute atomic E-state index is 12.9. The second kappa shape index (κ2) is 7.43. The number of rotatable bonds is 4. The standard InChI is InChI=1S/C20H15BrNO4PS/c21-14-6-8-18-16(10-14)17(11-28-18)19(27(24,25)26)20(23)22-15-7-5-12-3-1-2-4-13(12)9-15/h1-11,19H,(H,22,23)(H2,24,25,26). The molecule has 1 amide bonds. The van der Waals surface area contributed by atoms with Gasteiger partial charge in [0.1, 0.15) is 0 Å². The molecule has 0 saturated heterocycles. The monoisotopic (exact) mass is 475 g/mol. The second-order valence-electron chi connectivity index (χ2n) is 6.37. The number of anilines is 1. The van der Waals surface area contributed by atoms with Crippen LogP contribution in [0.5, 0.6) is 0 Å². The number of carbonyl (C=O) groups excluding carboxylic acids is 1. The molecule has 1 unspecified atom stereocenters. The quantitative estimate of drug-likeness (QED) is 0.331. The highest BCUT2D eigenvalue weighted by atomic mass is 79.9. The van der Waals surface area contributed by atoms with E-state index in [1.807, 2.05) is 42.5 Å². The molecule has 0 saturated carbocycles. The molecule has 0 spiro atoms. The summed E-state index contributed by atoms with van der Waals surface area (Å²) < 4.78 is 13.9. The van der Waals surface area contributed by atoms with Gasteiger partial charge >= 0.3 is 7.60 Å². The van der Waals surface area contributed by atoms with Gasteiger partial charge in [0.25, 0.3) is 0 Å². The first kappa shape index (κ1) is 19.3. The summed E-state index contributed by atoms with van der Waals surface area (Å²) in [5.74, 6) is -0.733. The van der Waals surface area contributed by atoms with Gasteiger partial charge in [0, 0.05) is 14.9 Å². The van der Waals surface area contributed by atoms with E-state index in [2.05, 4.69) is 21.2 Å². The molecular weight excluding hydrogens is 461 g/mol. The van der Waals surface area contributed by atoms with Crippen LogP contribution in [0, 0.1) is 0 Å². The first-order valence-electron chi connectivity index (χ1n) is 8.34. The van der Waals surface area contributed by atoms with Gasteiger partial charge in [-0.1, -0.05) is 46.3 Å². The van der Waals surface area contributed by atoms with Crippen molar-refractivity contribution in [2.24, 2.45) is 0 Å². The predicted octanol–water partition coefficient (Wildman–Crippen LogP) is 5.67. The van der Waals surface area contributed by atoms with Crippen molar-refractivity contribution >= 4 is 67.3 Å². The first-order valence-corrected chi connectivity index (χ1v) is 11.7. The van der Waals surface area contributed by atoms with Crippen molar-refractivity contribution in [1.82, 2.24) is 0 Å². The molecule has 8 heteroatoms. The summed E-state index contributed by atoms with van der Waals surface area (Å²) in [6.07, 6.45) is 0. The molecule has 0 aliphatic carbocycles. The third-order valence-corrected chi connectivity index (χ3v) is 7.12. The van der Waals surface area contributed by atoms with Crippen LogP contribution in [-0.4, -0.2) is 15.7 Å². The van der Waals surface area contributed by atoms with E-state index in [1.54, 1.807) is 23.6 Å². The predicted molar refractivity (Wildman–Crippen MR) is 117 cm³/mol. The Morgan fingerprint density at radius 3 is 2.54 bits per heavy atom. The van der Waals surface area contributed by atoms with Crippen molar-refractivity contribution < 1.29 is 19.1 Å². The van der Waals surface area contributed by atoms with Gasteiger partial charge in [-0.05, 0) is 57.4 Å². The summed E-state index contributed by atoms with van der Waals surface area (Å²) in [6.45, 7) is 0. The van der Waals surface area contributed by atoms with Crippen LogP contribution in [0.15, 0.2) is 70.5 Å². The lowest BCUT2D eigenvalue weighted by atomic mass is 10.1. The smallest absolute Gasteiger partial charge is 0.325 e. The van der Waals surface area contributed by atoms with E-state index in [-0.39, 0.29) is 0 Å². The Morgan fingerprint density at radius 2 is 1.79 bits per heavy atom. The zero-order chi connectivity index (χ0) is 19.9. The summed E-state index contributed by atoms with van der Waals surface area (Å²) in [5.41, 5.74) is -0.766. The highest BCUT2D eigenvalue weighted by molar-refractivity contribution is 9.10. The Balaban J connectivity index is 1.73. The Bertz CT molecular complexity index is 1250. The number of fused-ring (bicyclic) bond motifs is 2. The molecule has 4 aromatic rings. The molecule has 0 fully saturated rings. The van der Waals surface area contributed by atoms with E-state index < -0.39 is 19.2 Å². The van der Waals surface area contributed by atoms with Crippen LogP contribution in [0.1, 0.15) is 11.2 Å². The average Bonchev–Trinajstić information content (AvgIpc) is 3.03. The highest BCUT2D eigenvalue weighted by Crippen LogP contribution is 2.54. The second-order valence-corrected chi connectivity index (χ2v) is 9.90. The molecule has 5 nitrogen and oxygen atoms in total. The zero-order valence-corrected chi connectivity index (χ0v) is 17.7. The van der Waals surface area contributed by atoms with E-state index in [0.29, 0.717) is 16.6 Å². The number of benzene rings is 3. The lowest BCUT2D eigenvalue weighted by Crippen LogP contribution is -2.21. The normalized spacial score (nSPS) is 13.0. The molecule has 1 aromatic heterocycles. The van der Waals surface area contributed by atoms with Crippen LogP contribution in [0.25, 0.3) is 20.9 Å². The van der Waals surface area contributed by atoms with Gasteiger partial charge in [0.2, 0.25) is 5.91 Å². The van der Waals surface area contributed by atoms with E-state index in [4.69, 9.17) is 0 Å². The van der Waals surface area contributed by atoms with Crippen LogP contribution < -0.4 is 5.32 Å². The zero-order valence-electron chi connectivity index (χ0n) is 14.4. The third-order valence-electron chi connectivity index (χ3n) is 4.46. The van der Waals surface area contributed by atoms with Crippen LogP contribution in [-0.2, 0) is 9.36 Å². The number of amides is 1. The minimum Gasteiger partial charge on any atom is -0.325 e. The Hall–Kier alpha value is -2.02. The number of hydrogen-bond acceptors (Lipinski definition) is 3. The van der Waals surface area contributed by atoms with Gasteiger partial charge in [-0.25, -0.2) is 0 Å². The van der Waals surface area contributed by atoms with Gasteiger partial charge in [-0.2, -0.15) is 0 Å². The molecule has 28 heavy (non-hydrogen) atoms. The van der Waals surface area contributed by atoms with Crippen LogP contribution >= 0.6 is 34.9 Å². The van der Waals surface area contributed by atoms with Crippen molar-refractivity contribution in [1.29, 1.82) is 0 Å². The maximum atomic E-state index is 12.9. The summed E-state index contributed by atoms with van der Waals surface area (Å²) in [5, 5.41) is 6.91. The first-order chi connectivity index (χ1) is 13.3. The van der Waals surface area contributed by atoms with Crippen LogP contribution in [0.2, 0.25) is 0 Å². The molecule has 0 aliphatic rings. The Morgan fingerprint density at radius 1 is 1.04 bits per heavy atom. The summed E-state index contributed by atoms with van der Waals surface area (Å²) in [6, 6.07) is 18.5. The minimum absolute atomic E-state index is 0.327. The SMILES string of the molecule is O=C(Nc1ccc2ccccc2c1)C(c1csc2ccc(Br)cc12)P(=O)(O)O. The number of halogens is 1. The molecule has 0 aliphatic heterocycles. The van der Waals surface area contributed by atoms with Crippen LogP contribution in [0.3, 0.4) is 0 Å². The molecular formula is C20H15BrNO4PS. The van der Waals surface area contributed by atoms with Crippen LogP contribution in [0.4, 0.5) is 5.69 Å². The summed E-state index contributed by atoms with van der Waals surface area (Å²) in [7, 11) is -4.75.